The topological polar surface area (TPSA) is 105 Å². The molecule has 0 aliphatic carbocycles. The summed E-state index contributed by atoms with van der Waals surface area (Å²) in [6, 6.07) is 12.0. The van der Waals surface area contributed by atoms with Gasteiger partial charge < -0.3 is 15.5 Å². The van der Waals surface area contributed by atoms with Gasteiger partial charge in [0.2, 0.25) is 0 Å². The number of nitrogens with zero attached hydrogens (tertiary/aromatic N) is 2. The van der Waals surface area contributed by atoms with Crippen LogP contribution >= 0.6 is 0 Å². The first-order valence-corrected chi connectivity index (χ1v) is 7.95. The monoisotopic (exact) mass is 356 g/mol. The van der Waals surface area contributed by atoms with Gasteiger partial charge in [0.15, 0.2) is 0 Å². The summed E-state index contributed by atoms with van der Waals surface area (Å²) in [5.74, 6) is -0.725. The first kappa shape index (κ1) is 19.1. The average Bonchev–Trinajstić information content (AvgIpc) is 2.61. The van der Waals surface area contributed by atoms with E-state index in [1.165, 1.54) is 24.3 Å². The number of hydrogen-bond acceptors (Lipinski definition) is 5. The van der Waals surface area contributed by atoms with E-state index in [-0.39, 0.29) is 17.2 Å². The molecule has 8 nitrogen and oxygen atoms in total. The third kappa shape index (κ3) is 5.38. The number of benzene rings is 2. The first-order valence-electron chi connectivity index (χ1n) is 7.95. The largest absolute Gasteiger partial charge is 0.351 e. The van der Waals surface area contributed by atoms with Gasteiger partial charge in [-0.3, -0.25) is 19.7 Å². The Balaban J connectivity index is 2.06. The quantitative estimate of drug-likeness (QED) is 0.584. The summed E-state index contributed by atoms with van der Waals surface area (Å²) in [5.41, 5.74) is 0.856. The summed E-state index contributed by atoms with van der Waals surface area (Å²) in [6.07, 6.45) is 0. The van der Waals surface area contributed by atoms with E-state index in [4.69, 9.17) is 0 Å². The lowest BCUT2D eigenvalue weighted by atomic mass is 10.1. The van der Waals surface area contributed by atoms with Crippen LogP contribution in [0.4, 0.5) is 11.4 Å². The Hall–Kier alpha value is -3.26. The van der Waals surface area contributed by atoms with Crippen molar-refractivity contribution in [2.24, 2.45) is 0 Å². The highest BCUT2D eigenvalue weighted by Crippen LogP contribution is 2.16. The molecule has 0 heterocycles. The molecule has 2 aromatic rings. The molecular weight excluding hydrogens is 336 g/mol. The van der Waals surface area contributed by atoms with E-state index in [1.54, 1.807) is 24.3 Å². The minimum absolute atomic E-state index is 0.160. The van der Waals surface area contributed by atoms with E-state index < -0.39 is 10.8 Å². The van der Waals surface area contributed by atoms with Gasteiger partial charge in [0.1, 0.15) is 0 Å². The van der Waals surface area contributed by atoms with Gasteiger partial charge in [-0.15, -0.1) is 0 Å². The van der Waals surface area contributed by atoms with Crippen molar-refractivity contribution in [3.63, 3.8) is 0 Å². The summed E-state index contributed by atoms with van der Waals surface area (Å²) < 4.78 is 0. The average molecular weight is 356 g/mol. The molecule has 0 atom stereocenters. The molecular formula is C18H20N4O4. The molecule has 2 N–H and O–H groups in total. The van der Waals surface area contributed by atoms with E-state index >= 15 is 0 Å². The van der Waals surface area contributed by atoms with E-state index in [9.17, 15) is 19.7 Å². The highest BCUT2D eigenvalue weighted by Gasteiger charge is 2.12. The number of nitrogens with one attached hydrogen (secondary N) is 2. The maximum absolute atomic E-state index is 12.3. The number of nitro groups is 1. The number of carbonyl (C=O) groups excluding carboxylic acids is 2. The van der Waals surface area contributed by atoms with Crippen molar-refractivity contribution in [1.82, 2.24) is 10.2 Å². The van der Waals surface area contributed by atoms with Crippen molar-refractivity contribution in [2.75, 3.05) is 32.5 Å². The van der Waals surface area contributed by atoms with Gasteiger partial charge in [-0.2, -0.15) is 0 Å². The lowest BCUT2D eigenvalue weighted by Gasteiger charge is -2.11. The van der Waals surface area contributed by atoms with Crippen LogP contribution in [0.1, 0.15) is 20.7 Å². The van der Waals surface area contributed by atoms with Crippen LogP contribution < -0.4 is 10.6 Å². The van der Waals surface area contributed by atoms with E-state index in [0.717, 1.165) is 6.54 Å². The molecule has 0 spiro atoms. The summed E-state index contributed by atoms with van der Waals surface area (Å²) >= 11 is 0. The number of carbonyl (C=O) groups is 2. The van der Waals surface area contributed by atoms with Crippen LogP contribution in [0.25, 0.3) is 0 Å². The molecule has 0 fully saturated rings. The van der Waals surface area contributed by atoms with Crippen molar-refractivity contribution < 1.29 is 14.5 Å². The van der Waals surface area contributed by atoms with Crippen LogP contribution in [0.2, 0.25) is 0 Å². The van der Waals surface area contributed by atoms with Crippen molar-refractivity contribution in [3.8, 4) is 0 Å². The molecule has 0 saturated heterocycles. The summed E-state index contributed by atoms with van der Waals surface area (Å²) in [5, 5.41) is 16.2. The molecule has 26 heavy (non-hydrogen) atoms. The fraction of sp³-hybridized carbons (Fsp3) is 0.222. The van der Waals surface area contributed by atoms with Crippen molar-refractivity contribution in [1.29, 1.82) is 0 Å². The highest BCUT2D eigenvalue weighted by molar-refractivity contribution is 6.05. The number of amides is 2. The second kappa shape index (κ2) is 8.72. The molecule has 0 aliphatic heterocycles. The third-order valence-corrected chi connectivity index (χ3v) is 3.55. The zero-order valence-corrected chi connectivity index (χ0v) is 14.6. The lowest BCUT2D eigenvalue weighted by molar-refractivity contribution is -0.384. The van der Waals surface area contributed by atoms with Gasteiger partial charge in [0, 0.05) is 42.0 Å². The molecule has 0 unspecified atom stereocenters. The number of anilines is 1. The van der Waals surface area contributed by atoms with Gasteiger partial charge in [-0.25, -0.2) is 0 Å². The summed E-state index contributed by atoms with van der Waals surface area (Å²) in [6.45, 7) is 1.23. The number of rotatable bonds is 7. The molecule has 2 amide bonds. The fourth-order valence-corrected chi connectivity index (χ4v) is 2.20. The Morgan fingerprint density at radius 2 is 1.69 bits per heavy atom. The molecule has 2 aromatic carbocycles. The van der Waals surface area contributed by atoms with Crippen LogP contribution in [0.5, 0.6) is 0 Å². The van der Waals surface area contributed by atoms with Crippen molar-refractivity contribution in [2.45, 2.75) is 0 Å². The van der Waals surface area contributed by atoms with Gasteiger partial charge in [-0.05, 0) is 38.4 Å². The maximum Gasteiger partial charge on any atom is 0.270 e. The standard InChI is InChI=1S/C18H20N4O4/c1-21(2)10-9-19-17(23)13-5-3-7-15(11-13)20-18(24)14-6-4-8-16(12-14)22(25)26/h3-8,11-12H,9-10H2,1-2H3,(H,19,23)(H,20,24). The molecule has 2 rings (SSSR count). The summed E-state index contributed by atoms with van der Waals surface area (Å²) in [7, 11) is 3.83. The number of likely N-dealkylation sites (N-methyl/N-ethyl adjacent to an activating group) is 1. The number of hydrogen-bond donors (Lipinski definition) is 2. The lowest BCUT2D eigenvalue weighted by Crippen LogP contribution is -2.31. The normalized spacial score (nSPS) is 10.4. The Morgan fingerprint density at radius 1 is 1.04 bits per heavy atom. The van der Waals surface area contributed by atoms with Gasteiger partial charge in [0.25, 0.3) is 17.5 Å². The molecule has 136 valence electrons. The smallest absolute Gasteiger partial charge is 0.270 e. The van der Waals surface area contributed by atoms with Crippen LogP contribution in [0.3, 0.4) is 0 Å². The van der Waals surface area contributed by atoms with Crippen LogP contribution in [0.15, 0.2) is 48.5 Å². The molecule has 0 saturated carbocycles. The zero-order chi connectivity index (χ0) is 19.1. The number of nitro benzene ring substituents is 1. The molecule has 0 aliphatic rings. The van der Waals surface area contributed by atoms with Gasteiger partial charge in [0.05, 0.1) is 4.92 Å². The van der Waals surface area contributed by atoms with Crippen molar-refractivity contribution >= 4 is 23.2 Å². The van der Waals surface area contributed by atoms with E-state index in [1.807, 2.05) is 19.0 Å². The molecule has 0 aromatic heterocycles. The van der Waals surface area contributed by atoms with E-state index in [0.29, 0.717) is 17.8 Å². The minimum Gasteiger partial charge on any atom is -0.351 e. The fourth-order valence-electron chi connectivity index (χ4n) is 2.20. The Morgan fingerprint density at radius 3 is 2.35 bits per heavy atom. The molecule has 0 bridgehead atoms. The van der Waals surface area contributed by atoms with E-state index in [2.05, 4.69) is 10.6 Å². The Kier molecular flexibility index (Phi) is 6.40. The van der Waals surface area contributed by atoms with Crippen LogP contribution in [0, 0.1) is 10.1 Å². The second-order valence-corrected chi connectivity index (χ2v) is 5.90. The SMILES string of the molecule is CN(C)CCNC(=O)c1cccc(NC(=O)c2cccc([N+](=O)[O-])c2)c1. The molecule has 8 heteroatoms. The Bertz CT molecular complexity index is 820. The highest BCUT2D eigenvalue weighted by atomic mass is 16.6. The zero-order valence-electron chi connectivity index (χ0n) is 14.6. The second-order valence-electron chi connectivity index (χ2n) is 5.90. The first-order chi connectivity index (χ1) is 12.4. The van der Waals surface area contributed by atoms with Gasteiger partial charge >= 0.3 is 0 Å². The third-order valence-electron chi connectivity index (χ3n) is 3.55. The predicted molar refractivity (Wildman–Crippen MR) is 98.4 cm³/mol. The van der Waals surface area contributed by atoms with Gasteiger partial charge in [-0.1, -0.05) is 12.1 Å². The van der Waals surface area contributed by atoms with Crippen LogP contribution in [-0.4, -0.2) is 48.8 Å². The number of non-ortho nitro benzene ring substituents is 1. The molecule has 0 radical (unpaired) electrons. The Labute approximate surface area is 151 Å². The summed E-state index contributed by atoms with van der Waals surface area (Å²) in [4.78, 5) is 36.6. The maximum atomic E-state index is 12.3. The minimum atomic E-state index is -0.560. The predicted octanol–water partition coefficient (Wildman–Crippen LogP) is 2.14. The van der Waals surface area contributed by atoms with Crippen LogP contribution in [-0.2, 0) is 0 Å². The van der Waals surface area contributed by atoms with Crippen molar-refractivity contribution in [3.05, 3.63) is 69.8 Å².